The first-order chi connectivity index (χ1) is 13.6. The standard InChI is InChI=1S/C18H17F6N3O3/c1-15(2,3)16(28,7-27-9-25-8-26-27)13-6-10-11(29-13)4-5-12(30-18(22,23)24)14(10)17(19,20)21/h4-6,8-9,28H,7H2,1-3H3. The summed E-state index contributed by atoms with van der Waals surface area (Å²) < 4.78 is 89.0. The Morgan fingerprint density at radius 3 is 2.27 bits per heavy atom. The second kappa shape index (κ2) is 6.89. The van der Waals surface area contributed by atoms with E-state index in [1.54, 1.807) is 20.8 Å². The molecule has 3 rings (SSSR count). The quantitative estimate of drug-likeness (QED) is 0.590. The Hall–Kier alpha value is -2.76. The van der Waals surface area contributed by atoms with Gasteiger partial charge in [-0.05, 0) is 23.6 Å². The van der Waals surface area contributed by atoms with Gasteiger partial charge in [-0.2, -0.15) is 18.3 Å². The average molecular weight is 437 g/mol. The number of furan rings is 1. The van der Waals surface area contributed by atoms with Crippen LogP contribution >= 0.6 is 0 Å². The van der Waals surface area contributed by atoms with Crippen LogP contribution in [0.5, 0.6) is 5.75 Å². The SMILES string of the molecule is CC(C)(C)C(O)(Cn1cncn1)c1cc2c(C(F)(F)F)c(OC(F)(F)F)ccc2o1. The van der Waals surface area contributed by atoms with E-state index in [1.165, 1.54) is 17.3 Å². The smallest absolute Gasteiger partial charge is 0.458 e. The summed E-state index contributed by atoms with van der Waals surface area (Å²) in [7, 11) is 0. The highest BCUT2D eigenvalue weighted by atomic mass is 19.4. The first-order valence-electron chi connectivity index (χ1n) is 8.56. The van der Waals surface area contributed by atoms with Crippen LogP contribution in [0.4, 0.5) is 26.3 Å². The summed E-state index contributed by atoms with van der Waals surface area (Å²) in [6.45, 7) is 4.66. The normalized spacial score (nSPS) is 15.4. The third-order valence-corrected chi connectivity index (χ3v) is 4.68. The van der Waals surface area contributed by atoms with Gasteiger partial charge in [0.2, 0.25) is 0 Å². The molecule has 0 radical (unpaired) electrons. The van der Waals surface area contributed by atoms with E-state index in [2.05, 4.69) is 14.8 Å². The van der Waals surface area contributed by atoms with Crippen molar-refractivity contribution in [3.05, 3.63) is 42.2 Å². The fourth-order valence-electron chi connectivity index (χ4n) is 3.03. The summed E-state index contributed by atoms with van der Waals surface area (Å²) in [4.78, 5) is 3.76. The Morgan fingerprint density at radius 2 is 1.77 bits per heavy atom. The van der Waals surface area contributed by atoms with Crippen molar-refractivity contribution in [2.45, 2.75) is 45.5 Å². The van der Waals surface area contributed by atoms with Crippen molar-refractivity contribution >= 4 is 11.0 Å². The molecule has 164 valence electrons. The van der Waals surface area contributed by atoms with Gasteiger partial charge in [0.05, 0.1) is 6.54 Å². The van der Waals surface area contributed by atoms with E-state index < -0.39 is 40.3 Å². The zero-order valence-corrected chi connectivity index (χ0v) is 16.0. The predicted octanol–water partition coefficient (Wildman–Crippen LogP) is 4.88. The minimum atomic E-state index is -5.32. The minimum absolute atomic E-state index is 0.219. The molecule has 2 aromatic heterocycles. The van der Waals surface area contributed by atoms with Crippen molar-refractivity contribution < 1.29 is 40.6 Å². The van der Waals surface area contributed by atoms with Crippen molar-refractivity contribution in [2.24, 2.45) is 5.41 Å². The van der Waals surface area contributed by atoms with E-state index in [-0.39, 0.29) is 17.9 Å². The average Bonchev–Trinajstić information content (AvgIpc) is 3.19. The first kappa shape index (κ1) is 21.9. The maximum absolute atomic E-state index is 13.6. The molecule has 1 aromatic carbocycles. The van der Waals surface area contributed by atoms with Crippen LogP contribution in [-0.2, 0) is 18.3 Å². The lowest BCUT2D eigenvalue weighted by molar-refractivity contribution is -0.276. The molecule has 12 heteroatoms. The van der Waals surface area contributed by atoms with Crippen molar-refractivity contribution in [3.63, 3.8) is 0 Å². The van der Waals surface area contributed by atoms with Gasteiger partial charge in [-0.1, -0.05) is 20.8 Å². The zero-order valence-electron chi connectivity index (χ0n) is 16.0. The Kier molecular flexibility index (Phi) is 5.04. The Balaban J connectivity index is 2.22. The van der Waals surface area contributed by atoms with E-state index in [9.17, 15) is 31.4 Å². The highest BCUT2D eigenvalue weighted by Crippen LogP contribution is 2.47. The van der Waals surface area contributed by atoms with Gasteiger partial charge in [-0.25, -0.2) is 9.67 Å². The monoisotopic (exact) mass is 437 g/mol. The number of fused-ring (bicyclic) bond motifs is 1. The van der Waals surface area contributed by atoms with Gasteiger partial charge in [-0.3, -0.25) is 0 Å². The topological polar surface area (TPSA) is 73.3 Å². The van der Waals surface area contributed by atoms with Gasteiger partial charge in [0.15, 0.2) is 0 Å². The summed E-state index contributed by atoms with van der Waals surface area (Å²) in [6, 6.07) is 2.33. The van der Waals surface area contributed by atoms with Crippen LogP contribution in [0.2, 0.25) is 0 Å². The van der Waals surface area contributed by atoms with Gasteiger partial charge in [0, 0.05) is 5.39 Å². The molecule has 1 unspecified atom stereocenters. The fourth-order valence-corrected chi connectivity index (χ4v) is 3.03. The third-order valence-electron chi connectivity index (χ3n) is 4.68. The molecule has 3 aromatic rings. The molecule has 0 bridgehead atoms. The van der Waals surface area contributed by atoms with Crippen LogP contribution < -0.4 is 4.74 Å². The van der Waals surface area contributed by atoms with Crippen LogP contribution in [0.1, 0.15) is 32.1 Å². The predicted molar refractivity (Wildman–Crippen MR) is 91.3 cm³/mol. The number of aromatic nitrogens is 3. The van der Waals surface area contributed by atoms with Crippen molar-refractivity contribution in [3.8, 4) is 5.75 Å². The molecule has 1 atom stereocenters. The third kappa shape index (κ3) is 4.09. The zero-order chi connectivity index (χ0) is 22.5. The van der Waals surface area contributed by atoms with Crippen molar-refractivity contribution in [2.75, 3.05) is 0 Å². The van der Waals surface area contributed by atoms with E-state index in [4.69, 9.17) is 4.42 Å². The molecule has 0 aliphatic rings. The number of halogens is 6. The Bertz CT molecular complexity index is 1030. The lowest BCUT2D eigenvalue weighted by Gasteiger charge is -2.38. The van der Waals surface area contributed by atoms with Crippen LogP contribution in [-0.4, -0.2) is 26.2 Å². The molecule has 0 amide bonds. The second-order valence-electron chi connectivity index (χ2n) is 7.71. The number of hydrogen-bond donors (Lipinski definition) is 1. The molecule has 1 N–H and O–H groups in total. The van der Waals surface area contributed by atoms with Gasteiger partial charge < -0.3 is 14.3 Å². The maximum atomic E-state index is 13.6. The molecule has 30 heavy (non-hydrogen) atoms. The number of benzene rings is 1. The van der Waals surface area contributed by atoms with E-state index in [0.29, 0.717) is 6.07 Å². The number of nitrogens with zero attached hydrogens (tertiary/aromatic N) is 3. The van der Waals surface area contributed by atoms with E-state index in [0.717, 1.165) is 12.1 Å². The highest BCUT2D eigenvalue weighted by Gasteiger charge is 2.47. The largest absolute Gasteiger partial charge is 0.573 e. The molecule has 6 nitrogen and oxygen atoms in total. The highest BCUT2D eigenvalue weighted by molar-refractivity contribution is 5.85. The summed E-state index contributed by atoms with van der Waals surface area (Å²) in [5.74, 6) is -1.68. The molecular weight excluding hydrogens is 420 g/mol. The number of hydrogen-bond acceptors (Lipinski definition) is 5. The lowest BCUT2D eigenvalue weighted by atomic mass is 9.74. The lowest BCUT2D eigenvalue weighted by Crippen LogP contribution is -2.43. The van der Waals surface area contributed by atoms with Gasteiger partial charge in [0.1, 0.15) is 40.9 Å². The molecule has 0 saturated carbocycles. The van der Waals surface area contributed by atoms with Crippen LogP contribution in [0.25, 0.3) is 11.0 Å². The second-order valence-corrected chi connectivity index (χ2v) is 7.71. The van der Waals surface area contributed by atoms with Gasteiger partial charge in [-0.15, -0.1) is 13.2 Å². The number of alkyl halides is 6. The van der Waals surface area contributed by atoms with Crippen LogP contribution in [0.15, 0.2) is 35.3 Å². The van der Waals surface area contributed by atoms with E-state index in [1.807, 2.05) is 0 Å². The Labute approximate surface area is 166 Å². The number of ether oxygens (including phenoxy) is 1. The number of rotatable bonds is 4. The van der Waals surface area contributed by atoms with Gasteiger partial charge >= 0.3 is 12.5 Å². The summed E-state index contributed by atoms with van der Waals surface area (Å²) in [6.07, 6.45) is -7.98. The molecular formula is C18H17F6N3O3. The molecule has 2 heterocycles. The summed E-state index contributed by atoms with van der Waals surface area (Å²) in [5.41, 5.74) is -4.83. The minimum Gasteiger partial charge on any atom is -0.458 e. The van der Waals surface area contributed by atoms with Crippen LogP contribution in [0.3, 0.4) is 0 Å². The maximum Gasteiger partial charge on any atom is 0.573 e. The summed E-state index contributed by atoms with van der Waals surface area (Å²) >= 11 is 0. The Morgan fingerprint density at radius 1 is 1.10 bits per heavy atom. The van der Waals surface area contributed by atoms with Crippen LogP contribution in [0, 0.1) is 5.41 Å². The molecule has 0 fully saturated rings. The molecule has 0 aliphatic heterocycles. The van der Waals surface area contributed by atoms with Crippen molar-refractivity contribution in [1.29, 1.82) is 0 Å². The first-order valence-corrected chi connectivity index (χ1v) is 8.56. The molecule has 0 saturated heterocycles. The number of aliphatic hydroxyl groups is 1. The van der Waals surface area contributed by atoms with Crippen molar-refractivity contribution in [1.82, 2.24) is 14.8 Å². The molecule has 0 aliphatic carbocycles. The summed E-state index contributed by atoms with van der Waals surface area (Å²) in [5, 5.41) is 14.6. The van der Waals surface area contributed by atoms with E-state index >= 15 is 0 Å². The molecule has 0 spiro atoms. The fraction of sp³-hybridized carbons (Fsp3) is 0.444. The van der Waals surface area contributed by atoms with Gasteiger partial charge in [0.25, 0.3) is 0 Å².